The number of anilines is 3. The van der Waals surface area contributed by atoms with E-state index in [4.69, 9.17) is 4.42 Å². The number of hydrogen-bond acceptors (Lipinski definition) is 3. The van der Waals surface area contributed by atoms with Crippen LogP contribution in [-0.4, -0.2) is 4.98 Å². The summed E-state index contributed by atoms with van der Waals surface area (Å²) in [5.41, 5.74) is 17.3. The van der Waals surface area contributed by atoms with Crippen molar-refractivity contribution < 1.29 is 4.42 Å². The first kappa shape index (κ1) is 32.5. The van der Waals surface area contributed by atoms with Crippen LogP contribution in [0.3, 0.4) is 0 Å². The lowest BCUT2D eigenvalue weighted by Gasteiger charge is -2.26. The Labute approximate surface area is 335 Å². The van der Waals surface area contributed by atoms with Gasteiger partial charge in [0, 0.05) is 34.5 Å². The Morgan fingerprint density at radius 3 is 1.64 bits per heavy atom. The largest absolute Gasteiger partial charge is 0.454 e. The molecule has 0 saturated heterocycles. The van der Waals surface area contributed by atoms with Crippen LogP contribution in [0.4, 0.5) is 17.1 Å². The summed E-state index contributed by atoms with van der Waals surface area (Å²) in [5.74, 6) is 0. The van der Waals surface area contributed by atoms with Crippen LogP contribution in [0.15, 0.2) is 211 Å². The van der Waals surface area contributed by atoms with Crippen molar-refractivity contribution in [3.8, 4) is 55.6 Å². The zero-order valence-corrected chi connectivity index (χ0v) is 31.4. The van der Waals surface area contributed by atoms with Gasteiger partial charge in [0.1, 0.15) is 5.58 Å². The summed E-state index contributed by atoms with van der Waals surface area (Å²) in [6.07, 6.45) is 3.70. The standard InChI is InChI=1S/C55H34N2O/c1-3-14-35(15-4-1)50-43-21-7-8-22-44(43)51(36-16-5-2-6-17-36)54-47-29-28-40(42-23-12-25-46(52(42)47)53(50)54)37-18-11-19-39(34-37)57(38-30-32-56-33-31-38)48-26-13-24-45-41-20-9-10-27-49(41)58-55(45)48/h1-34H. The van der Waals surface area contributed by atoms with Crippen LogP contribution in [0, 0.1) is 0 Å². The second kappa shape index (κ2) is 12.9. The Bertz CT molecular complexity index is 3290. The summed E-state index contributed by atoms with van der Waals surface area (Å²) in [6.45, 7) is 0. The zero-order chi connectivity index (χ0) is 38.2. The molecule has 12 rings (SSSR count). The van der Waals surface area contributed by atoms with Crippen molar-refractivity contribution in [1.82, 2.24) is 4.98 Å². The quantitative estimate of drug-likeness (QED) is 0.170. The van der Waals surface area contributed by atoms with Crippen LogP contribution in [0.1, 0.15) is 0 Å². The molecule has 0 N–H and O–H groups in total. The summed E-state index contributed by atoms with van der Waals surface area (Å²) in [4.78, 5) is 6.66. The number of pyridine rings is 1. The molecule has 0 spiro atoms. The van der Waals surface area contributed by atoms with E-state index in [-0.39, 0.29) is 0 Å². The Morgan fingerprint density at radius 1 is 0.362 bits per heavy atom. The average molecular weight is 739 g/mol. The lowest BCUT2D eigenvalue weighted by molar-refractivity contribution is 0.669. The van der Waals surface area contributed by atoms with Crippen molar-refractivity contribution in [3.63, 3.8) is 0 Å². The average Bonchev–Trinajstić information content (AvgIpc) is 3.84. The van der Waals surface area contributed by atoms with E-state index in [9.17, 15) is 0 Å². The van der Waals surface area contributed by atoms with Crippen molar-refractivity contribution in [2.45, 2.75) is 0 Å². The SMILES string of the molecule is c1ccc(-c2c3c(c(-c4ccccc4)c4ccccc24)-c2ccc(-c4cccc(N(c5ccncc5)c5cccc6c5oc5ccccc56)c4)c4cccc-3c24)cc1. The fourth-order valence-electron chi connectivity index (χ4n) is 9.50. The Balaban J connectivity index is 1.10. The third-order valence-corrected chi connectivity index (χ3v) is 11.9. The number of nitrogens with zero attached hydrogens (tertiary/aromatic N) is 2. The molecule has 9 aromatic carbocycles. The molecule has 0 atom stereocenters. The first-order chi connectivity index (χ1) is 28.8. The maximum absolute atomic E-state index is 6.60. The summed E-state index contributed by atoms with van der Waals surface area (Å²) in [5, 5.41) is 7.26. The molecule has 0 unspecified atom stereocenters. The van der Waals surface area contributed by atoms with Crippen LogP contribution in [0.5, 0.6) is 0 Å². The summed E-state index contributed by atoms with van der Waals surface area (Å²) in [6, 6.07) is 70.0. The van der Waals surface area contributed by atoms with Gasteiger partial charge in [-0.2, -0.15) is 0 Å². The molecule has 0 bridgehead atoms. The minimum Gasteiger partial charge on any atom is -0.454 e. The highest BCUT2D eigenvalue weighted by atomic mass is 16.3. The van der Waals surface area contributed by atoms with Crippen LogP contribution in [0.25, 0.3) is 99.1 Å². The van der Waals surface area contributed by atoms with E-state index in [0.717, 1.165) is 44.6 Å². The molecule has 2 heterocycles. The van der Waals surface area contributed by atoms with E-state index in [2.05, 4.69) is 192 Å². The van der Waals surface area contributed by atoms with Crippen LogP contribution < -0.4 is 4.90 Å². The van der Waals surface area contributed by atoms with Gasteiger partial charge in [0.05, 0.1) is 5.69 Å². The molecule has 0 aliphatic heterocycles. The predicted molar refractivity (Wildman–Crippen MR) is 242 cm³/mol. The Morgan fingerprint density at radius 2 is 0.914 bits per heavy atom. The number of furan rings is 1. The predicted octanol–water partition coefficient (Wildman–Crippen LogP) is 15.4. The molecule has 270 valence electrons. The van der Waals surface area contributed by atoms with Gasteiger partial charge in [0.15, 0.2) is 5.58 Å². The molecule has 2 aromatic heterocycles. The van der Waals surface area contributed by atoms with Gasteiger partial charge in [-0.3, -0.25) is 4.98 Å². The highest BCUT2D eigenvalue weighted by molar-refractivity contribution is 6.28. The van der Waals surface area contributed by atoms with E-state index in [1.807, 2.05) is 24.5 Å². The minimum absolute atomic E-state index is 0.852. The van der Waals surface area contributed by atoms with Gasteiger partial charge >= 0.3 is 0 Å². The summed E-state index contributed by atoms with van der Waals surface area (Å²) >= 11 is 0. The van der Waals surface area contributed by atoms with Gasteiger partial charge in [0.25, 0.3) is 0 Å². The van der Waals surface area contributed by atoms with Crippen molar-refractivity contribution >= 4 is 60.5 Å². The van der Waals surface area contributed by atoms with Gasteiger partial charge in [-0.25, -0.2) is 0 Å². The van der Waals surface area contributed by atoms with Crippen molar-refractivity contribution in [2.24, 2.45) is 0 Å². The summed E-state index contributed by atoms with van der Waals surface area (Å²) in [7, 11) is 0. The number of benzene rings is 9. The van der Waals surface area contributed by atoms with Crippen LogP contribution in [0.2, 0.25) is 0 Å². The lowest BCUT2D eigenvalue weighted by Crippen LogP contribution is -2.10. The summed E-state index contributed by atoms with van der Waals surface area (Å²) < 4.78 is 6.60. The van der Waals surface area contributed by atoms with Crippen molar-refractivity contribution in [3.05, 3.63) is 207 Å². The number of para-hydroxylation sites is 2. The number of fused-ring (bicyclic) bond motifs is 7. The second-order valence-corrected chi connectivity index (χ2v) is 15.0. The van der Waals surface area contributed by atoms with Crippen LogP contribution in [-0.2, 0) is 0 Å². The fraction of sp³-hybridized carbons (Fsp3) is 0. The van der Waals surface area contributed by atoms with E-state index < -0.39 is 0 Å². The molecule has 0 amide bonds. The van der Waals surface area contributed by atoms with Crippen molar-refractivity contribution in [2.75, 3.05) is 4.90 Å². The molecule has 11 aromatic rings. The molecule has 58 heavy (non-hydrogen) atoms. The van der Waals surface area contributed by atoms with E-state index in [0.29, 0.717) is 0 Å². The molecule has 1 aliphatic rings. The van der Waals surface area contributed by atoms with Crippen LogP contribution >= 0.6 is 0 Å². The first-order valence-corrected chi connectivity index (χ1v) is 19.8. The number of aromatic nitrogens is 1. The Hall–Kier alpha value is -7.75. The molecule has 3 nitrogen and oxygen atoms in total. The maximum Gasteiger partial charge on any atom is 0.159 e. The number of rotatable bonds is 6. The third kappa shape index (κ3) is 4.84. The molecule has 0 radical (unpaired) electrons. The highest BCUT2D eigenvalue weighted by Gasteiger charge is 2.31. The van der Waals surface area contributed by atoms with Gasteiger partial charge < -0.3 is 9.32 Å². The smallest absolute Gasteiger partial charge is 0.159 e. The van der Waals surface area contributed by atoms with Gasteiger partial charge in [-0.05, 0) is 114 Å². The van der Waals surface area contributed by atoms with E-state index in [1.54, 1.807) is 0 Å². The first-order valence-electron chi connectivity index (χ1n) is 19.8. The second-order valence-electron chi connectivity index (χ2n) is 15.0. The zero-order valence-electron chi connectivity index (χ0n) is 31.4. The Kier molecular flexibility index (Phi) is 7.23. The highest BCUT2D eigenvalue weighted by Crippen LogP contribution is 2.58. The minimum atomic E-state index is 0.852. The van der Waals surface area contributed by atoms with E-state index in [1.165, 1.54) is 71.6 Å². The van der Waals surface area contributed by atoms with Crippen molar-refractivity contribution in [1.29, 1.82) is 0 Å². The van der Waals surface area contributed by atoms with Gasteiger partial charge in [0.2, 0.25) is 0 Å². The lowest BCUT2D eigenvalue weighted by atomic mass is 9.82. The normalized spacial score (nSPS) is 11.8. The topological polar surface area (TPSA) is 29.3 Å². The molecular formula is C55H34N2O. The monoisotopic (exact) mass is 738 g/mol. The molecular weight excluding hydrogens is 705 g/mol. The molecule has 0 saturated carbocycles. The molecule has 1 aliphatic carbocycles. The molecule has 0 fully saturated rings. The third-order valence-electron chi connectivity index (χ3n) is 11.9. The van der Waals surface area contributed by atoms with Gasteiger partial charge in [-0.1, -0.05) is 158 Å². The fourth-order valence-corrected chi connectivity index (χ4v) is 9.50. The van der Waals surface area contributed by atoms with Gasteiger partial charge in [-0.15, -0.1) is 0 Å². The maximum atomic E-state index is 6.60. The van der Waals surface area contributed by atoms with E-state index >= 15 is 0 Å². The number of hydrogen-bond donors (Lipinski definition) is 0. The molecule has 3 heteroatoms.